The molecule has 2 heterocycles. The molecule has 4 heteroatoms. The van der Waals surface area contributed by atoms with Crippen molar-refractivity contribution in [2.75, 3.05) is 5.32 Å². The number of pyridine rings is 1. The van der Waals surface area contributed by atoms with Crippen LogP contribution in [0.5, 0.6) is 0 Å². The molecular weight excluding hydrogens is 306 g/mol. The summed E-state index contributed by atoms with van der Waals surface area (Å²) in [5.41, 5.74) is 2.83. The summed E-state index contributed by atoms with van der Waals surface area (Å²) in [7, 11) is 0. The molecule has 3 rings (SSSR count). The van der Waals surface area contributed by atoms with E-state index in [4.69, 9.17) is 16.6 Å². The van der Waals surface area contributed by atoms with Gasteiger partial charge in [0.1, 0.15) is 17.2 Å². The van der Waals surface area contributed by atoms with Gasteiger partial charge in [-0.15, -0.1) is 0 Å². The van der Waals surface area contributed by atoms with Gasteiger partial charge in [0.05, 0.1) is 5.02 Å². The monoisotopic (exact) mass is 325 g/mol. The number of rotatable bonds is 3. The molecule has 0 bridgehead atoms. The van der Waals surface area contributed by atoms with Crippen molar-refractivity contribution in [3.05, 3.63) is 64.9 Å². The van der Waals surface area contributed by atoms with Crippen molar-refractivity contribution in [3.63, 3.8) is 0 Å². The van der Waals surface area contributed by atoms with Crippen LogP contribution in [0.25, 0.3) is 17.8 Å². The molecule has 1 N–H and O–H groups in total. The molecule has 118 valence electrons. The van der Waals surface area contributed by atoms with Crippen LogP contribution in [-0.2, 0) is 0 Å². The van der Waals surface area contributed by atoms with Gasteiger partial charge in [0.15, 0.2) is 0 Å². The fourth-order valence-corrected chi connectivity index (χ4v) is 2.53. The fourth-order valence-electron chi connectivity index (χ4n) is 2.37. The highest BCUT2D eigenvalue weighted by molar-refractivity contribution is 6.30. The number of aromatic nitrogens is 2. The summed E-state index contributed by atoms with van der Waals surface area (Å²) in [5.74, 6) is 0.946. The zero-order chi connectivity index (χ0) is 16.4. The van der Waals surface area contributed by atoms with Crippen LogP contribution in [0.15, 0.2) is 48.7 Å². The van der Waals surface area contributed by atoms with Crippen molar-refractivity contribution in [1.29, 1.82) is 0 Å². The Hall–Kier alpha value is -2.26. The second kappa shape index (κ2) is 6.09. The predicted molar refractivity (Wildman–Crippen MR) is 98.9 cm³/mol. The molecule has 0 saturated heterocycles. The van der Waals surface area contributed by atoms with Gasteiger partial charge in [-0.1, -0.05) is 48.0 Å². The number of imidazole rings is 1. The maximum atomic E-state index is 6.15. The summed E-state index contributed by atoms with van der Waals surface area (Å²) >= 11 is 6.15. The molecule has 0 fully saturated rings. The topological polar surface area (TPSA) is 29.3 Å². The summed E-state index contributed by atoms with van der Waals surface area (Å²) in [6.07, 6.45) is 5.99. The standard InChI is InChI=1S/C19H20ClN3/c1-19(2,3)22-18-16(11-9-14-7-5-4-6-8-14)21-17-12-10-15(20)13-23(17)18/h4-13,22H,1-3H3/b11-9+. The summed E-state index contributed by atoms with van der Waals surface area (Å²) in [6, 6.07) is 14.0. The number of nitrogens with one attached hydrogen (secondary N) is 1. The Bertz CT molecular complexity index is 842. The third-order valence-corrected chi connectivity index (χ3v) is 3.56. The number of halogens is 1. The highest BCUT2D eigenvalue weighted by Crippen LogP contribution is 2.25. The van der Waals surface area contributed by atoms with Gasteiger partial charge in [0, 0.05) is 11.7 Å². The lowest BCUT2D eigenvalue weighted by molar-refractivity contribution is 0.629. The highest BCUT2D eigenvalue weighted by atomic mass is 35.5. The Morgan fingerprint density at radius 2 is 1.78 bits per heavy atom. The lowest BCUT2D eigenvalue weighted by atomic mass is 10.1. The molecular formula is C19H20ClN3. The van der Waals surface area contributed by atoms with Crippen molar-refractivity contribution in [1.82, 2.24) is 9.38 Å². The zero-order valence-corrected chi connectivity index (χ0v) is 14.3. The maximum absolute atomic E-state index is 6.15. The lowest BCUT2D eigenvalue weighted by Crippen LogP contribution is -2.27. The zero-order valence-electron chi connectivity index (χ0n) is 13.5. The van der Waals surface area contributed by atoms with Gasteiger partial charge in [0.2, 0.25) is 0 Å². The second-order valence-electron chi connectivity index (χ2n) is 6.54. The third-order valence-electron chi connectivity index (χ3n) is 3.34. The fraction of sp³-hybridized carbons (Fsp3) is 0.211. The van der Waals surface area contributed by atoms with E-state index in [1.165, 1.54) is 0 Å². The van der Waals surface area contributed by atoms with Gasteiger partial charge in [0.25, 0.3) is 0 Å². The summed E-state index contributed by atoms with van der Waals surface area (Å²) in [5, 5.41) is 4.21. The smallest absolute Gasteiger partial charge is 0.139 e. The number of hydrogen-bond acceptors (Lipinski definition) is 2. The normalized spacial score (nSPS) is 12.2. The number of fused-ring (bicyclic) bond motifs is 1. The molecule has 0 unspecified atom stereocenters. The van der Waals surface area contributed by atoms with Crippen molar-refractivity contribution < 1.29 is 0 Å². The van der Waals surface area contributed by atoms with Crippen LogP contribution < -0.4 is 5.32 Å². The third kappa shape index (κ3) is 3.74. The SMILES string of the molecule is CC(C)(C)Nc1c(/C=C/c2ccccc2)nc2ccc(Cl)cn12. The van der Waals surface area contributed by atoms with E-state index >= 15 is 0 Å². The van der Waals surface area contributed by atoms with Crippen LogP contribution in [0.2, 0.25) is 5.02 Å². The van der Waals surface area contributed by atoms with E-state index in [1.807, 2.05) is 47.0 Å². The van der Waals surface area contributed by atoms with Crippen LogP contribution in [0.4, 0.5) is 5.82 Å². The largest absolute Gasteiger partial charge is 0.365 e. The van der Waals surface area contributed by atoms with Gasteiger partial charge in [-0.05, 0) is 44.5 Å². The van der Waals surface area contributed by atoms with Crippen LogP contribution in [0, 0.1) is 0 Å². The lowest BCUT2D eigenvalue weighted by Gasteiger charge is -2.22. The number of anilines is 1. The molecule has 0 spiro atoms. The van der Waals surface area contributed by atoms with Crippen molar-refractivity contribution in [2.24, 2.45) is 0 Å². The van der Waals surface area contributed by atoms with E-state index in [-0.39, 0.29) is 5.54 Å². The van der Waals surface area contributed by atoms with Crippen LogP contribution in [-0.4, -0.2) is 14.9 Å². The van der Waals surface area contributed by atoms with Gasteiger partial charge >= 0.3 is 0 Å². The Kier molecular flexibility index (Phi) is 4.14. The minimum absolute atomic E-state index is 0.0758. The Labute approximate surface area is 141 Å². The molecule has 1 aromatic carbocycles. The average molecular weight is 326 g/mol. The molecule has 0 amide bonds. The second-order valence-corrected chi connectivity index (χ2v) is 6.98. The number of hydrogen-bond donors (Lipinski definition) is 1. The first-order chi connectivity index (χ1) is 10.9. The number of nitrogens with zero attached hydrogens (tertiary/aromatic N) is 2. The van der Waals surface area contributed by atoms with E-state index in [0.717, 1.165) is 22.7 Å². The summed E-state index contributed by atoms with van der Waals surface area (Å²) in [4.78, 5) is 4.71. The predicted octanol–water partition coefficient (Wildman–Crippen LogP) is 5.37. The van der Waals surface area contributed by atoms with Gasteiger partial charge in [-0.2, -0.15) is 0 Å². The molecule has 0 aliphatic rings. The Morgan fingerprint density at radius 1 is 1.04 bits per heavy atom. The van der Waals surface area contributed by atoms with Crippen molar-refractivity contribution in [3.8, 4) is 0 Å². The molecule has 0 atom stereocenters. The van der Waals surface area contributed by atoms with E-state index in [0.29, 0.717) is 5.02 Å². The van der Waals surface area contributed by atoms with E-state index in [2.05, 4.69) is 44.3 Å². The van der Waals surface area contributed by atoms with E-state index in [9.17, 15) is 0 Å². The van der Waals surface area contributed by atoms with Crippen LogP contribution in [0.3, 0.4) is 0 Å². The Balaban J connectivity index is 2.08. The first-order valence-electron chi connectivity index (χ1n) is 7.61. The Morgan fingerprint density at radius 3 is 2.48 bits per heavy atom. The summed E-state index contributed by atoms with van der Waals surface area (Å²) < 4.78 is 2.00. The minimum Gasteiger partial charge on any atom is -0.365 e. The van der Waals surface area contributed by atoms with Gasteiger partial charge in [-0.25, -0.2) is 4.98 Å². The molecule has 2 aromatic heterocycles. The molecule has 0 saturated carbocycles. The average Bonchev–Trinajstić information content (AvgIpc) is 2.82. The maximum Gasteiger partial charge on any atom is 0.139 e. The number of benzene rings is 1. The molecule has 0 aliphatic heterocycles. The quantitative estimate of drug-likeness (QED) is 0.701. The molecule has 0 radical (unpaired) electrons. The molecule has 3 aromatic rings. The highest BCUT2D eigenvalue weighted by Gasteiger charge is 2.16. The van der Waals surface area contributed by atoms with Crippen molar-refractivity contribution in [2.45, 2.75) is 26.3 Å². The van der Waals surface area contributed by atoms with Crippen LogP contribution in [0.1, 0.15) is 32.0 Å². The molecule has 3 nitrogen and oxygen atoms in total. The van der Waals surface area contributed by atoms with Gasteiger partial charge < -0.3 is 5.32 Å². The van der Waals surface area contributed by atoms with E-state index < -0.39 is 0 Å². The van der Waals surface area contributed by atoms with Crippen molar-refractivity contribution >= 4 is 35.2 Å². The first-order valence-corrected chi connectivity index (χ1v) is 7.99. The van der Waals surface area contributed by atoms with Crippen LogP contribution >= 0.6 is 11.6 Å². The minimum atomic E-state index is -0.0758. The molecule has 23 heavy (non-hydrogen) atoms. The molecule has 0 aliphatic carbocycles. The first kappa shape index (κ1) is 15.6. The van der Waals surface area contributed by atoms with Gasteiger partial charge in [-0.3, -0.25) is 4.40 Å². The summed E-state index contributed by atoms with van der Waals surface area (Å²) in [6.45, 7) is 6.38. The van der Waals surface area contributed by atoms with E-state index in [1.54, 1.807) is 0 Å².